The third kappa shape index (κ3) is 5.12. The van der Waals surface area contributed by atoms with Crippen LogP contribution in [0.15, 0.2) is 48.5 Å². The van der Waals surface area contributed by atoms with Crippen molar-refractivity contribution >= 4 is 11.8 Å². The number of rotatable bonds is 7. The molecule has 2 aromatic rings. The summed E-state index contributed by atoms with van der Waals surface area (Å²) in [5.74, 6) is 0.369. The molecule has 5 nitrogen and oxygen atoms in total. The van der Waals surface area contributed by atoms with Crippen molar-refractivity contribution in [3.05, 3.63) is 65.2 Å². The Bertz CT molecular complexity index is 679. The van der Waals surface area contributed by atoms with E-state index in [0.29, 0.717) is 18.7 Å². The van der Waals surface area contributed by atoms with Gasteiger partial charge in [-0.25, -0.2) is 0 Å². The normalized spacial score (nSPS) is 10.1. The Kier molecular flexibility index (Phi) is 6.37. The van der Waals surface area contributed by atoms with Crippen molar-refractivity contribution in [1.82, 2.24) is 10.6 Å². The van der Waals surface area contributed by atoms with Crippen LogP contribution in [0.4, 0.5) is 0 Å². The molecule has 0 radical (unpaired) electrons. The van der Waals surface area contributed by atoms with Crippen LogP contribution in [0, 0.1) is 13.8 Å². The van der Waals surface area contributed by atoms with Gasteiger partial charge in [-0.3, -0.25) is 9.59 Å². The number of nitrogens with one attached hydrogen (secondary N) is 2. The minimum atomic E-state index is -0.216. The largest absolute Gasteiger partial charge is 0.483 e. The molecule has 0 aliphatic rings. The zero-order valence-corrected chi connectivity index (χ0v) is 14.0. The van der Waals surface area contributed by atoms with Crippen LogP contribution in [0.25, 0.3) is 0 Å². The van der Waals surface area contributed by atoms with Gasteiger partial charge in [0.15, 0.2) is 6.61 Å². The predicted molar refractivity (Wildman–Crippen MR) is 93.2 cm³/mol. The molecule has 0 spiro atoms. The fraction of sp³-hybridized carbons (Fsp3) is 0.263. The standard InChI is InChI=1S/C19H22N2O3/c1-14-7-6-8-15(2)18(14)24-13-17(22)20-11-12-21-19(23)16-9-4-3-5-10-16/h3-10H,11-13H2,1-2H3,(H,20,22)(H,21,23). The first-order valence-electron chi connectivity index (χ1n) is 7.87. The number of aryl methyl sites for hydroxylation is 2. The van der Waals surface area contributed by atoms with E-state index in [2.05, 4.69) is 10.6 Å². The van der Waals surface area contributed by atoms with Crippen molar-refractivity contribution in [2.75, 3.05) is 19.7 Å². The van der Waals surface area contributed by atoms with E-state index in [4.69, 9.17) is 4.74 Å². The third-order valence-corrected chi connectivity index (χ3v) is 3.53. The third-order valence-electron chi connectivity index (χ3n) is 3.53. The highest BCUT2D eigenvalue weighted by molar-refractivity contribution is 5.94. The summed E-state index contributed by atoms with van der Waals surface area (Å²) in [6, 6.07) is 14.8. The molecule has 0 unspecified atom stereocenters. The van der Waals surface area contributed by atoms with Crippen LogP contribution in [0.2, 0.25) is 0 Å². The van der Waals surface area contributed by atoms with E-state index in [1.54, 1.807) is 12.1 Å². The number of carbonyl (C=O) groups is 2. The molecular formula is C19H22N2O3. The van der Waals surface area contributed by atoms with Gasteiger partial charge in [0.05, 0.1) is 0 Å². The van der Waals surface area contributed by atoms with Crippen LogP contribution in [-0.2, 0) is 4.79 Å². The van der Waals surface area contributed by atoms with E-state index in [-0.39, 0.29) is 18.4 Å². The number of amides is 2. The van der Waals surface area contributed by atoms with Crippen LogP contribution in [-0.4, -0.2) is 31.5 Å². The highest BCUT2D eigenvalue weighted by Crippen LogP contribution is 2.21. The Morgan fingerprint density at radius 1 is 0.875 bits per heavy atom. The first-order chi connectivity index (χ1) is 11.6. The van der Waals surface area contributed by atoms with Gasteiger partial charge < -0.3 is 15.4 Å². The molecule has 0 aliphatic carbocycles. The van der Waals surface area contributed by atoms with Crippen molar-refractivity contribution < 1.29 is 14.3 Å². The van der Waals surface area contributed by atoms with E-state index in [9.17, 15) is 9.59 Å². The second kappa shape index (κ2) is 8.72. The Morgan fingerprint density at radius 3 is 2.17 bits per heavy atom. The topological polar surface area (TPSA) is 67.4 Å². The van der Waals surface area contributed by atoms with Gasteiger partial charge in [-0.1, -0.05) is 36.4 Å². The second-order valence-corrected chi connectivity index (χ2v) is 5.48. The first-order valence-corrected chi connectivity index (χ1v) is 7.87. The summed E-state index contributed by atoms with van der Waals surface area (Å²) in [5.41, 5.74) is 2.60. The molecule has 2 aromatic carbocycles. The van der Waals surface area contributed by atoms with Gasteiger partial charge in [0.2, 0.25) is 0 Å². The average molecular weight is 326 g/mol. The van der Waals surface area contributed by atoms with Gasteiger partial charge in [-0.2, -0.15) is 0 Å². The molecule has 24 heavy (non-hydrogen) atoms. The number of hydrogen-bond donors (Lipinski definition) is 2. The van der Waals surface area contributed by atoms with Crippen molar-refractivity contribution in [2.24, 2.45) is 0 Å². The lowest BCUT2D eigenvalue weighted by atomic mass is 10.1. The summed E-state index contributed by atoms with van der Waals surface area (Å²) in [5, 5.41) is 5.47. The quantitative estimate of drug-likeness (QED) is 0.767. The molecule has 2 N–H and O–H groups in total. The van der Waals surface area contributed by atoms with Gasteiger partial charge in [0, 0.05) is 18.7 Å². The fourth-order valence-corrected chi connectivity index (χ4v) is 2.29. The van der Waals surface area contributed by atoms with E-state index < -0.39 is 0 Å². The molecule has 0 aromatic heterocycles. The lowest BCUT2D eigenvalue weighted by molar-refractivity contribution is -0.123. The fourth-order valence-electron chi connectivity index (χ4n) is 2.29. The highest BCUT2D eigenvalue weighted by atomic mass is 16.5. The molecule has 5 heteroatoms. The molecule has 126 valence electrons. The minimum absolute atomic E-state index is 0.0433. The van der Waals surface area contributed by atoms with Crippen LogP contribution in [0.1, 0.15) is 21.5 Å². The van der Waals surface area contributed by atoms with Crippen molar-refractivity contribution in [3.63, 3.8) is 0 Å². The molecule has 0 atom stereocenters. The van der Waals surface area contributed by atoms with Gasteiger partial charge in [0.25, 0.3) is 11.8 Å². The monoisotopic (exact) mass is 326 g/mol. The smallest absolute Gasteiger partial charge is 0.258 e. The minimum Gasteiger partial charge on any atom is -0.483 e. The van der Waals surface area contributed by atoms with Gasteiger partial charge >= 0.3 is 0 Å². The highest BCUT2D eigenvalue weighted by Gasteiger charge is 2.07. The predicted octanol–water partition coefficient (Wildman–Crippen LogP) is 2.23. The summed E-state index contributed by atoms with van der Waals surface area (Å²) < 4.78 is 5.58. The zero-order chi connectivity index (χ0) is 17.4. The number of ether oxygens (including phenoxy) is 1. The van der Waals surface area contributed by atoms with Crippen LogP contribution in [0.3, 0.4) is 0 Å². The lowest BCUT2D eigenvalue weighted by Gasteiger charge is -2.12. The summed E-state index contributed by atoms with van der Waals surface area (Å²) in [7, 11) is 0. The summed E-state index contributed by atoms with van der Waals surface area (Å²) in [4.78, 5) is 23.6. The maximum atomic E-state index is 11.8. The van der Waals surface area contributed by atoms with Gasteiger partial charge in [-0.05, 0) is 37.1 Å². The Morgan fingerprint density at radius 2 is 1.50 bits per heavy atom. The Balaban J connectivity index is 1.68. The van der Waals surface area contributed by atoms with Crippen LogP contribution in [0.5, 0.6) is 5.75 Å². The summed E-state index contributed by atoms with van der Waals surface area (Å²) in [6.45, 7) is 4.56. The molecule has 0 heterocycles. The molecule has 0 saturated carbocycles. The van der Waals surface area contributed by atoms with Crippen LogP contribution >= 0.6 is 0 Å². The number of hydrogen-bond acceptors (Lipinski definition) is 3. The zero-order valence-electron chi connectivity index (χ0n) is 14.0. The van der Waals surface area contributed by atoms with Crippen LogP contribution < -0.4 is 15.4 Å². The molecular weight excluding hydrogens is 304 g/mol. The molecule has 2 rings (SSSR count). The summed E-state index contributed by atoms with van der Waals surface area (Å²) in [6.07, 6.45) is 0. The lowest BCUT2D eigenvalue weighted by Crippen LogP contribution is -2.36. The van der Waals surface area contributed by atoms with E-state index in [0.717, 1.165) is 16.9 Å². The maximum Gasteiger partial charge on any atom is 0.258 e. The molecule has 0 saturated heterocycles. The summed E-state index contributed by atoms with van der Waals surface area (Å²) >= 11 is 0. The average Bonchev–Trinajstić information content (AvgIpc) is 2.59. The SMILES string of the molecule is Cc1cccc(C)c1OCC(=O)NCCNC(=O)c1ccccc1. The molecule has 0 bridgehead atoms. The van der Waals surface area contributed by atoms with E-state index in [1.165, 1.54) is 0 Å². The van der Waals surface area contributed by atoms with Crippen molar-refractivity contribution in [1.29, 1.82) is 0 Å². The molecule has 2 amide bonds. The number of benzene rings is 2. The number of carbonyl (C=O) groups excluding carboxylic acids is 2. The Hall–Kier alpha value is -2.82. The van der Waals surface area contributed by atoms with E-state index >= 15 is 0 Å². The first kappa shape index (κ1) is 17.5. The molecule has 0 fully saturated rings. The number of para-hydroxylation sites is 1. The molecule has 0 aliphatic heterocycles. The van der Waals surface area contributed by atoms with Crippen molar-refractivity contribution in [3.8, 4) is 5.75 Å². The van der Waals surface area contributed by atoms with E-state index in [1.807, 2.05) is 50.2 Å². The second-order valence-electron chi connectivity index (χ2n) is 5.48. The maximum absolute atomic E-state index is 11.8. The van der Waals surface area contributed by atoms with Crippen molar-refractivity contribution in [2.45, 2.75) is 13.8 Å². The van der Waals surface area contributed by atoms with Gasteiger partial charge in [-0.15, -0.1) is 0 Å². The van der Waals surface area contributed by atoms with Gasteiger partial charge in [0.1, 0.15) is 5.75 Å². The Labute approximate surface area is 142 Å².